The van der Waals surface area contributed by atoms with E-state index < -0.39 is 0 Å². The summed E-state index contributed by atoms with van der Waals surface area (Å²) in [5.41, 5.74) is 8.56. The van der Waals surface area contributed by atoms with Crippen LogP contribution in [-0.2, 0) is 6.42 Å². The number of nitrogen functional groups attached to an aromatic ring is 1. The molecule has 0 amide bonds. The number of halogens is 2. The minimum absolute atomic E-state index is 0. The zero-order valence-corrected chi connectivity index (χ0v) is 14.9. The van der Waals surface area contributed by atoms with E-state index >= 15 is 0 Å². The van der Waals surface area contributed by atoms with Gasteiger partial charge in [0, 0.05) is 25.2 Å². The quantitative estimate of drug-likeness (QED) is 0.767. The van der Waals surface area contributed by atoms with Gasteiger partial charge in [-0.3, -0.25) is 5.10 Å². The summed E-state index contributed by atoms with van der Waals surface area (Å²) in [4.78, 5) is 10.9. The maximum Gasteiger partial charge on any atom is 0.222 e. The Kier molecular flexibility index (Phi) is 7.05. The van der Waals surface area contributed by atoms with E-state index in [1.54, 1.807) is 0 Å². The SMILES string of the molecule is CCc1cc(-c2cc(N3CC[C@@H](NC)C3)nc(N)n2)[nH]n1.Cl.Cl. The summed E-state index contributed by atoms with van der Waals surface area (Å²) in [5, 5.41) is 10.6. The fraction of sp³-hybridized carbons (Fsp3) is 0.500. The van der Waals surface area contributed by atoms with Gasteiger partial charge in [-0.15, -0.1) is 24.8 Å². The van der Waals surface area contributed by atoms with Crippen molar-refractivity contribution in [1.82, 2.24) is 25.5 Å². The lowest BCUT2D eigenvalue weighted by molar-refractivity contribution is 0.616. The second kappa shape index (κ2) is 8.33. The molecule has 2 aromatic heterocycles. The third-order valence-corrected chi connectivity index (χ3v) is 3.92. The minimum atomic E-state index is 0. The molecule has 3 rings (SSSR count). The molecule has 7 nitrogen and oxygen atoms in total. The molecule has 1 fully saturated rings. The summed E-state index contributed by atoms with van der Waals surface area (Å²) >= 11 is 0. The summed E-state index contributed by atoms with van der Waals surface area (Å²) in [5.74, 6) is 1.17. The Morgan fingerprint density at radius 3 is 2.74 bits per heavy atom. The van der Waals surface area contributed by atoms with Crippen molar-refractivity contribution in [2.45, 2.75) is 25.8 Å². The molecule has 1 atom stereocenters. The van der Waals surface area contributed by atoms with Gasteiger partial charge >= 0.3 is 0 Å². The molecular formula is C14H23Cl2N7. The highest BCUT2D eigenvalue weighted by Gasteiger charge is 2.23. The highest BCUT2D eigenvalue weighted by Crippen LogP contribution is 2.24. The second-order valence-electron chi connectivity index (χ2n) is 5.32. The van der Waals surface area contributed by atoms with Gasteiger partial charge in [0.2, 0.25) is 5.95 Å². The van der Waals surface area contributed by atoms with Crippen molar-refractivity contribution >= 4 is 36.6 Å². The third kappa shape index (κ3) is 4.25. The minimum Gasteiger partial charge on any atom is -0.368 e. The Hall–Kier alpha value is -1.57. The fourth-order valence-corrected chi connectivity index (χ4v) is 2.63. The molecular weight excluding hydrogens is 337 g/mol. The van der Waals surface area contributed by atoms with Crippen LogP contribution in [0.1, 0.15) is 19.0 Å². The highest BCUT2D eigenvalue weighted by atomic mass is 35.5. The molecule has 1 aliphatic rings. The number of hydrogen-bond donors (Lipinski definition) is 3. The average molecular weight is 360 g/mol. The van der Waals surface area contributed by atoms with Crippen molar-refractivity contribution in [1.29, 1.82) is 0 Å². The van der Waals surface area contributed by atoms with Gasteiger partial charge in [-0.25, -0.2) is 4.98 Å². The van der Waals surface area contributed by atoms with Crippen molar-refractivity contribution in [2.24, 2.45) is 0 Å². The number of rotatable bonds is 4. The lowest BCUT2D eigenvalue weighted by Gasteiger charge is -2.18. The van der Waals surface area contributed by atoms with Gasteiger partial charge in [0.25, 0.3) is 0 Å². The van der Waals surface area contributed by atoms with Gasteiger partial charge in [-0.2, -0.15) is 10.1 Å². The summed E-state index contributed by atoms with van der Waals surface area (Å²) in [6.45, 7) is 3.99. The Labute approximate surface area is 148 Å². The molecule has 0 bridgehead atoms. The number of nitrogens with one attached hydrogen (secondary N) is 2. The normalized spacial score (nSPS) is 16.8. The van der Waals surface area contributed by atoms with Crippen molar-refractivity contribution in [3.8, 4) is 11.4 Å². The molecule has 3 heterocycles. The van der Waals surface area contributed by atoms with Gasteiger partial charge in [-0.1, -0.05) is 6.92 Å². The van der Waals surface area contributed by atoms with Crippen molar-refractivity contribution in [3.63, 3.8) is 0 Å². The third-order valence-electron chi connectivity index (χ3n) is 3.92. The molecule has 0 radical (unpaired) electrons. The lowest BCUT2D eigenvalue weighted by Crippen LogP contribution is -2.30. The smallest absolute Gasteiger partial charge is 0.222 e. The predicted molar refractivity (Wildman–Crippen MR) is 97.6 cm³/mol. The summed E-state index contributed by atoms with van der Waals surface area (Å²) < 4.78 is 0. The van der Waals surface area contributed by atoms with Crippen LogP contribution in [-0.4, -0.2) is 46.3 Å². The lowest BCUT2D eigenvalue weighted by atomic mass is 10.2. The number of aryl methyl sites for hydroxylation is 1. The van der Waals surface area contributed by atoms with E-state index in [1.165, 1.54) is 0 Å². The van der Waals surface area contributed by atoms with Crippen molar-refractivity contribution < 1.29 is 0 Å². The summed E-state index contributed by atoms with van der Waals surface area (Å²) in [7, 11) is 1.99. The highest BCUT2D eigenvalue weighted by molar-refractivity contribution is 5.85. The van der Waals surface area contributed by atoms with Crippen LogP contribution in [0.25, 0.3) is 11.4 Å². The number of aromatic amines is 1. The van der Waals surface area contributed by atoms with E-state index in [4.69, 9.17) is 5.73 Å². The molecule has 128 valence electrons. The molecule has 0 aromatic carbocycles. The van der Waals surface area contributed by atoms with E-state index in [2.05, 4.69) is 37.3 Å². The Bertz CT molecular complexity index is 631. The van der Waals surface area contributed by atoms with Crippen LogP contribution >= 0.6 is 24.8 Å². The molecule has 1 saturated heterocycles. The van der Waals surface area contributed by atoms with Crippen LogP contribution in [0.5, 0.6) is 0 Å². The first-order valence-electron chi connectivity index (χ1n) is 7.31. The zero-order chi connectivity index (χ0) is 14.8. The zero-order valence-electron chi connectivity index (χ0n) is 13.2. The maximum atomic E-state index is 5.87. The van der Waals surface area contributed by atoms with Crippen molar-refractivity contribution in [3.05, 3.63) is 17.8 Å². The monoisotopic (exact) mass is 359 g/mol. The Balaban J connectivity index is 0.00000132. The van der Waals surface area contributed by atoms with Gasteiger partial charge in [0.05, 0.1) is 17.1 Å². The molecule has 2 aromatic rings. The number of H-pyrrole nitrogens is 1. The topological polar surface area (TPSA) is 95.7 Å². The van der Waals surface area contributed by atoms with Crippen LogP contribution in [0.4, 0.5) is 11.8 Å². The van der Waals surface area contributed by atoms with Crippen LogP contribution in [0.3, 0.4) is 0 Å². The number of nitrogens with two attached hydrogens (primary N) is 1. The maximum absolute atomic E-state index is 5.87. The van der Waals surface area contributed by atoms with Crippen molar-refractivity contribution in [2.75, 3.05) is 30.8 Å². The van der Waals surface area contributed by atoms with E-state index in [0.29, 0.717) is 12.0 Å². The van der Waals surface area contributed by atoms with E-state index in [1.807, 2.05) is 19.2 Å². The standard InChI is InChI=1S/C14H21N7.2ClH/c1-3-9-6-12(20-19-9)11-7-13(18-14(15)17-11)21-5-4-10(8-21)16-2;;/h6-7,10,16H,3-5,8H2,1-2H3,(H,19,20)(H2,15,17,18);2*1H/t10-;;/m1../s1. The van der Waals surface area contributed by atoms with Crippen LogP contribution in [0.15, 0.2) is 12.1 Å². The average Bonchev–Trinajstić information content (AvgIpc) is 3.15. The van der Waals surface area contributed by atoms with Gasteiger partial charge in [0.15, 0.2) is 0 Å². The van der Waals surface area contributed by atoms with Gasteiger partial charge < -0.3 is 16.0 Å². The fourth-order valence-electron chi connectivity index (χ4n) is 2.63. The van der Waals surface area contributed by atoms with E-state index in [0.717, 1.165) is 48.8 Å². The Morgan fingerprint density at radius 2 is 2.13 bits per heavy atom. The first-order chi connectivity index (χ1) is 10.2. The number of aromatic nitrogens is 4. The van der Waals surface area contributed by atoms with E-state index in [-0.39, 0.29) is 24.8 Å². The summed E-state index contributed by atoms with van der Waals surface area (Å²) in [6, 6.07) is 4.48. The predicted octanol–water partition coefficient (Wildman–Crippen LogP) is 1.65. The Morgan fingerprint density at radius 1 is 1.35 bits per heavy atom. The molecule has 0 saturated carbocycles. The number of anilines is 2. The molecule has 0 unspecified atom stereocenters. The van der Waals surface area contributed by atoms with Gasteiger partial charge in [0.1, 0.15) is 5.82 Å². The molecule has 1 aliphatic heterocycles. The van der Waals surface area contributed by atoms with Crippen LogP contribution in [0, 0.1) is 0 Å². The van der Waals surface area contributed by atoms with Gasteiger partial charge in [-0.05, 0) is 26.0 Å². The number of hydrogen-bond acceptors (Lipinski definition) is 6. The first-order valence-corrected chi connectivity index (χ1v) is 7.31. The molecule has 0 spiro atoms. The first kappa shape index (κ1) is 19.5. The molecule has 23 heavy (non-hydrogen) atoms. The molecule has 9 heteroatoms. The molecule has 4 N–H and O–H groups in total. The largest absolute Gasteiger partial charge is 0.368 e. The van der Waals surface area contributed by atoms with Crippen LogP contribution in [0.2, 0.25) is 0 Å². The number of likely N-dealkylation sites (N-methyl/N-ethyl adjacent to an activating group) is 1. The summed E-state index contributed by atoms with van der Waals surface area (Å²) in [6.07, 6.45) is 2.00. The van der Waals surface area contributed by atoms with Crippen LogP contribution < -0.4 is 16.0 Å². The second-order valence-corrected chi connectivity index (χ2v) is 5.32. The molecule has 0 aliphatic carbocycles. The van der Waals surface area contributed by atoms with E-state index in [9.17, 15) is 0 Å². The number of nitrogens with zero attached hydrogens (tertiary/aromatic N) is 4.